The lowest BCUT2D eigenvalue weighted by atomic mass is 10.1. The molecule has 144 valence electrons. The lowest BCUT2D eigenvalue weighted by molar-refractivity contribution is -0.123. The first kappa shape index (κ1) is 20.2. The maximum Gasteiger partial charge on any atom is 0.258 e. The van der Waals surface area contributed by atoms with Crippen LogP contribution in [0, 0.1) is 0 Å². The molecule has 0 radical (unpaired) electrons. The smallest absolute Gasteiger partial charge is 0.258 e. The Hall–Kier alpha value is -1.59. The van der Waals surface area contributed by atoms with Gasteiger partial charge in [0.25, 0.3) is 5.91 Å². The van der Waals surface area contributed by atoms with Gasteiger partial charge in [-0.15, -0.1) is 23.5 Å². The van der Waals surface area contributed by atoms with Gasteiger partial charge in [0.2, 0.25) is 0 Å². The van der Waals surface area contributed by atoms with Gasteiger partial charge in [-0.05, 0) is 61.0 Å². The average Bonchev–Trinajstić information content (AvgIpc) is 2.72. The monoisotopic (exact) mass is 401 g/mol. The number of ether oxygens (including phenoxy) is 1. The molecule has 27 heavy (non-hydrogen) atoms. The van der Waals surface area contributed by atoms with Crippen molar-refractivity contribution in [2.45, 2.75) is 36.8 Å². The van der Waals surface area contributed by atoms with Gasteiger partial charge in [0.15, 0.2) is 6.61 Å². The molecule has 1 aliphatic rings. The van der Waals surface area contributed by atoms with Crippen LogP contribution in [0.15, 0.2) is 54.6 Å². The molecule has 0 spiro atoms. The number of carbonyl (C=O) groups is 1. The van der Waals surface area contributed by atoms with Crippen LogP contribution in [0.5, 0.6) is 5.75 Å². The highest BCUT2D eigenvalue weighted by molar-refractivity contribution is 8.16. The molecule has 3 rings (SSSR count). The molecule has 2 aromatic rings. The van der Waals surface area contributed by atoms with Crippen LogP contribution in [0.1, 0.15) is 35.5 Å². The summed E-state index contributed by atoms with van der Waals surface area (Å²) < 4.78 is 6.18. The quantitative estimate of drug-likeness (QED) is 0.670. The molecule has 1 heterocycles. The van der Waals surface area contributed by atoms with Crippen molar-refractivity contribution in [3.05, 3.63) is 65.7 Å². The van der Waals surface area contributed by atoms with Gasteiger partial charge in [0, 0.05) is 6.04 Å². The Labute approximate surface area is 170 Å². The molecule has 5 heteroatoms. The van der Waals surface area contributed by atoms with Crippen LogP contribution in [-0.2, 0) is 11.2 Å². The van der Waals surface area contributed by atoms with E-state index in [2.05, 4.69) is 29.6 Å². The molecule has 1 N–H and O–H groups in total. The molecule has 1 atom stereocenters. The molecule has 0 saturated carbocycles. The van der Waals surface area contributed by atoms with E-state index in [0.29, 0.717) is 4.58 Å². The minimum atomic E-state index is -0.0713. The molecule has 1 fully saturated rings. The second kappa shape index (κ2) is 10.7. The average molecular weight is 402 g/mol. The van der Waals surface area contributed by atoms with Crippen molar-refractivity contribution in [1.29, 1.82) is 0 Å². The number of carbonyl (C=O) groups excluding carboxylic acids is 1. The largest absolute Gasteiger partial charge is 0.484 e. The Morgan fingerprint density at radius 2 is 1.81 bits per heavy atom. The van der Waals surface area contributed by atoms with Crippen molar-refractivity contribution in [2.75, 3.05) is 18.1 Å². The van der Waals surface area contributed by atoms with Crippen molar-refractivity contribution in [3.63, 3.8) is 0 Å². The maximum absolute atomic E-state index is 12.1. The summed E-state index contributed by atoms with van der Waals surface area (Å²) in [6, 6.07) is 18.6. The van der Waals surface area contributed by atoms with Crippen molar-refractivity contribution in [1.82, 2.24) is 5.32 Å². The summed E-state index contributed by atoms with van der Waals surface area (Å²) in [5.41, 5.74) is 2.63. The molecule has 1 amide bonds. The molecular weight excluding hydrogens is 374 g/mol. The number of hydrogen-bond donors (Lipinski definition) is 1. The summed E-state index contributed by atoms with van der Waals surface area (Å²) >= 11 is 4.02. The van der Waals surface area contributed by atoms with Crippen LogP contribution < -0.4 is 10.1 Å². The first-order valence-corrected chi connectivity index (χ1v) is 11.6. The van der Waals surface area contributed by atoms with Crippen molar-refractivity contribution < 1.29 is 9.53 Å². The van der Waals surface area contributed by atoms with E-state index in [9.17, 15) is 4.79 Å². The Balaban J connectivity index is 1.38. The molecule has 1 saturated heterocycles. The predicted molar refractivity (Wildman–Crippen MR) is 117 cm³/mol. The molecular formula is C22H27NO2S2. The number of nitrogens with one attached hydrogen (secondary N) is 1. The number of thioether (sulfide) groups is 2. The molecule has 3 nitrogen and oxygen atoms in total. The number of amides is 1. The number of benzene rings is 2. The summed E-state index contributed by atoms with van der Waals surface area (Å²) in [6.45, 7) is 2.09. The molecule has 0 aromatic heterocycles. The summed E-state index contributed by atoms with van der Waals surface area (Å²) in [5.74, 6) is 3.14. The van der Waals surface area contributed by atoms with Crippen LogP contribution in [-0.4, -0.2) is 30.1 Å². The molecule has 2 aromatic carbocycles. The fourth-order valence-corrected chi connectivity index (χ4v) is 5.86. The van der Waals surface area contributed by atoms with Crippen LogP contribution >= 0.6 is 23.5 Å². The normalized spacial score (nSPS) is 15.9. The second-order valence-electron chi connectivity index (χ2n) is 6.78. The van der Waals surface area contributed by atoms with Gasteiger partial charge >= 0.3 is 0 Å². The summed E-state index contributed by atoms with van der Waals surface area (Å²) in [5, 5.41) is 3.01. The molecule has 1 aliphatic heterocycles. The zero-order chi connectivity index (χ0) is 18.9. The standard InChI is InChI=1S/C22H27NO2S2/c1-17(8-9-18-6-3-2-4-7-18)23-21(24)16-25-20-12-10-19(11-13-20)22-26-14-5-15-27-22/h2-4,6-7,10-13,17,22H,5,8-9,14-16H2,1H3,(H,23,24). The van der Waals surface area contributed by atoms with Crippen LogP contribution in [0.2, 0.25) is 0 Å². The highest BCUT2D eigenvalue weighted by Crippen LogP contribution is 2.43. The third-order valence-corrected chi connectivity index (χ3v) is 7.48. The topological polar surface area (TPSA) is 38.3 Å². The minimum absolute atomic E-state index is 0.0575. The number of rotatable bonds is 8. The first-order chi connectivity index (χ1) is 13.2. The van der Waals surface area contributed by atoms with E-state index in [1.54, 1.807) is 0 Å². The van der Waals surface area contributed by atoms with Crippen LogP contribution in [0.4, 0.5) is 0 Å². The second-order valence-corrected chi connectivity index (χ2v) is 9.50. The van der Waals surface area contributed by atoms with E-state index >= 15 is 0 Å². The zero-order valence-corrected chi connectivity index (χ0v) is 17.4. The summed E-state index contributed by atoms with van der Waals surface area (Å²) in [6.07, 6.45) is 3.18. The van der Waals surface area contributed by atoms with Gasteiger partial charge in [-0.1, -0.05) is 42.5 Å². The Bertz CT molecular complexity index is 700. The van der Waals surface area contributed by atoms with E-state index in [1.165, 1.54) is 29.1 Å². The lowest BCUT2D eigenvalue weighted by Gasteiger charge is -2.21. The highest BCUT2D eigenvalue weighted by Gasteiger charge is 2.16. The SMILES string of the molecule is CC(CCc1ccccc1)NC(=O)COc1ccc(C2SCCCS2)cc1. The van der Waals surface area contributed by atoms with Gasteiger partial charge in [-0.3, -0.25) is 4.79 Å². The van der Waals surface area contributed by atoms with Crippen molar-refractivity contribution >= 4 is 29.4 Å². The van der Waals surface area contributed by atoms with E-state index in [1.807, 2.05) is 60.8 Å². The van der Waals surface area contributed by atoms with E-state index in [0.717, 1.165) is 18.6 Å². The third kappa shape index (κ3) is 6.82. The third-order valence-electron chi connectivity index (χ3n) is 4.47. The van der Waals surface area contributed by atoms with Crippen molar-refractivity contribution in [2.24, 2.45) is 0 Å². The Kier molecular flexibility index (Phi) is 7.96. The van der Waals surface area contributed by atoms with Gasteiger partial charge in [0.1, 0.15) is 5.75 Å². The van der Waals surface area contributed by atoms with Crippen molar-refractivity contribution in [3.8, 4) is 5.75 Å². The molecule has 0 aliphatic carbocycles. The summed E-state index contributed by atoms with van der Waals surface area (Å²) in [4.78, 5) is 12.1. The molecule has 1 unspecified atom stereocenters. The first-order valence-electron chi connectivity index (χ1n) is 9.50. The fourth-order valence-electron chi connectivity index (χ4n) is 2.97. The predicted octanol–water partition coefficient (Wildman–Crippen LogP) is 5.07. The van der Waals surface area contributed by atoms with Crippen LogP contribution in [0.3, 0.4) is 0 Å². The molecule has 0 bridgehead atoms. The Morgan fingerprint density at radius 1 is 1.11 bits per heavy atom. The highest BCUT2D eigenvalue weighted by atomic mass is 32.2. The van der Waals surface area contributed by atoms with Gasteiger partial charge < -0.3 is 10.1 Å². The fraction of sp³-hybridized carbons (Fsp3) is 0.409. The van der Waals surface area contributed by atoms with E-state index in [4.69, 9.17) is 4.74 Å². The van der Waals surface area contributed by atoms with Crippen LogP contribution in [0.25, 0.3) is 0 Å². The zero-order valence-electron chi connectivity index (χ0n) is 15.7. The Morgan fingerprint density at radius 3 is 2.52 bits per heavy atom. The summed E-state index contributed by atoms with van der Waals surface area (Å²) in [7, 11) is 0. The van der Waals surface area contributed by atoms with Gasteiger partial charge in [-0.25, -0.2) is 0 Å². The minimum Gasteiger partial charge on any atom is -0.484 e. The number of hydrogen-bond acceptors (Lipinski definition) is 4. The van der Waals surface area contributed by atoms with E-state index < -0.39 is 0 Å². The lowest BCUT2D eigenvalue weighted by Crippen LogP contribution is -2.36. The number of aryl methyl sites for hydroxylation is 1. The van der Waals surface area contributed by atoms with Gasteiger partial charge in [-0.2, -0.15) is 0 Å². The van der Waals surface area contributed by atoms with E-state index in [-0.39, 0.29) is 18.6 Å². The maximum atomic E-state index is 12.1. The van der Waals surface area contributed by atoms with Gasteiger partial charge in [0.05, 0.1) is 4.58 Å².